The Bertz CT molecular complexity index is 215. The highest BCUT2D eigenvalue weighted by molar-refractivity contribution is 7.80. The van der Waals surface area contributed by atoms with Gasteiger partial charge in [-0.15, -0.1) is 0 Å². The molecular formula is C11H19NO2S. The van der Waals surface area contributed by atoms with Crippen molar-refractivity contribution in [2.24, 2.45) is 0 Å². The molecule has 4 heteroatoms. The van der Waals surface area contributed by atoms with Gasteiger partial charge in [-0.2, -0.15) is 0 Å². The summed E-state index contributed by atoms with van der Waals surface area (Å²) in [5.74, 6) is 0. The first-order valence-corrected chi connectivity index (χ1v) is 5.79. The van der Waals surface area contributed by atoms with E-state index in [9.17, 15) is 0 Å². The maximum Gasteiger partial charge on any atom is 0.183 e. The number of hydrogen-bond donors (Lipinski definition) is 0. The third kappa shape index (κ3) is 4.28. The van der Waals surface area contributed by atoms with Crippen LogP contribution in [0.5, 0.6) is 0 Å². The fourth-order valence-corrected chi connectivity index (χ4v) is 1.73. The van der Waals surface area contributed by atoms with Crippen molar-refractivity contribution in [3.05, 3.63) is 12.7 Å². The lowest BCUT2D eigenvalue weighted by Crippen LogP contribution is -2.45. The molecule has 0 aromatic heterocycles. The van der Waals surface area contributed by atoms with Crippen molar-refractivity contribution in [2.45, 2.75) is 19.4 Å². The Kier molecular flexibility index (Phi) is 5.83. The number of morpholine rings is 1. The van der Waals surface area contributed by atoms with Gasteiger partial charge in [0.05, 0.1) is 13.2 Å². The zero-order valence-electron chi connectivity index (χ0n) is 9.28. The molecule has 0 spiro atoms. The predicted octanol–water partition coefficient (Wildman–Crippen LogP) is 1.63. The number of nitrogens with zero attached hydrogens (tertiary/aromatic N) is 1. The van der Waals surface area contributed by atoms with Gasteiger partial charge in [0.15, 0.2) is 5.05 Å². The first-order valence-electron chi connectivity index (χ1n) is 5.39. The van der Waals surface area contributed by atoms with Gasteiger partial charge in [0.1, 0.15) is 6.61 Å². The number of ether oxygens (including phenoxy) is 2. The standard InChI is InChI=1S/C11H19NO2S/c1-3-10(9-14-11(15)4-2)12-5-7-13-8-6-12/h4,10H,2-3,5-9H2,1H3. The second kappa shape index (κ2) is 6.93. The molecule has 1 aliphatic rings. The van der Waals surface area contributed by atoms with Crippen LogP contribution in [0, 0.1) is 0 Å². The summed E-state index contributed by atoms with van der Waals surface area (Å²) in [6, 6.07) is 0.437. The summed E-state index contributed by atoms with van der Waals surface area (Å²) in [4.78, 5) is 2.40. The molecule has 86 valence electrons. The number of hydrogen-bond acceptors (Lipinski definition) is 4. The summed E-state index contributed by atoms with van der Waals surface area (Å²) in [7, 11) is 0. The van der Waals surface area contributed by atoms with Gasteiger partial charge in [-0.25, -0.2) is 0 Å². The SMILES string of the molecule is C=CC(=S)OCC(CC)N1CCOCC1. The topological polar surface area (TPSA) is 21.7 Å². The van der Waals surface area contributed by atoms with Crippen LogP contribution in [0.2, 0.25) is 0 Å². The maximum atomic E-state index is 5.43. The van der Waals surface area contributed by atoms with Crippen LogP contribution in [0.15, 0.2) is 12.7 Å². The fraction of sp³-hybridized carbons (Fsp3) is 0.727. The minimum Gasteiger partial charge on any atom is -0.482 e. The van der Waals surface area contributed by atoms with Crippen LogP contribution in [0.1, 0.15) is 13.3 Å². The molecule has 0 aliphatic carbocycles. The van der Waals surface area contributed by atoms with Crippen LogP contribution in [-0.4, -0.2) is 48.9 Å². The number of rotatable bonds is 5. The minimum atomic E-state index is 0.437. The fourth-order valence-electron chi connectivity index (χ4n) is 1.66. The molecule has 1 saturated heterocycles. The van der Waals surface area contributed by atoms with Gasteiger partial charge < -0.3 is 9.47 Å². The first-order chi connectivity index (χ1) is 7.27. The Morgan fingerprint density at radius 1 is 1.60 bits per heavy atom. The molecule has 1 atom stereocenters. The number of thiocarbonyl (C=S) groups is 1. The van der Waals surface area contributed by atoms with Crippen LogP contribution in [0.4, 0.5) is 0 Å². The maximum absolute atomic E-state index is 5.43. The van der Waals surface area contributed by atoms with E-state index in [0.29, 0.717) is 17.7 Å². The molecule has 0 aromatic carbocycles. The Hall–Kier alpha value is -0.450. The predicted molar refractivity (Wildman–Crippen MR) is 65.2 cm³/mol. The van der Waals surface area contributed by atoms with E-state index in [4.69, 9.17) is 21.7 Å². The molecule has 1 unspecified atom stereocenters. The highest BCUT2D eigenvalue weighted by Crippen LogP contribution is 2.08. The molecule has 0 N–H and O–H groups in total. The van der Waals surface area contributed by atoms with Crippen molar-refractivity contribution in [1.29, 1.82) is 0 Å². The van der Waals surface area contributed by atoms with Gasteiger partial charge in [0, 0.05) is 19.1 Å². The van der Waals surface area contributed by atoms with E-state index >= 15 is 0 Å². The quantitative estimate of drug-likeness (QED) is 0.527. The minimum absolute atomic E-state index is 0.437. The van der Waals surface area contributed by atoms with Crippen LogP contribution in [-0.2, 0) is 9.47 Å². The third-order valence-electron chi connectivity index (χ3n) is 2.62. The van der Waals surface area contributed by atoms with E-state index in [0.717, 1.165) is 32.7 Å². The Morgan fingerprint density at radius 2 is 2.27 bits per heavy atom. The summed E-state index contributed by atoms with van der Waals surface area (Å²) in [6.45, 7) is 10.0. The zero-order valence-corrected chi connectivity index (χ0v) is 10.1. The van der Waals surface area contributed by atoms with Crippen molar-refractivity contribution >= 4 is 17.3 Å². The molecule has 15 heavy (non-hydrogen) atoms. The molecule has 0 amide bonds. The second-order valence-corrected chi connectivity index (χ2v) is 3.95. The van der Waals surface area contributed by atoms with Crippen molar-refractivity contribution in [2.75, 3.05) is 32.9 Å². The molecule has 1 fully saturated rings. The highest BCUT2D eigenvalue weighted by Gasteiger charge is 2.19. The van der Waals surface area contributed by atoms with Crippen molar-refractivity contribution in [3.63, 3.8) is 0 Å². The average Bonchev–Trinajstić information content (AvgIpc) is 2.31. The molecule has 0 bridgehead atoms. The van der Waals surface area contributed by atoms with Crippen molar-refractivity contribution in [1.82, 2.24) is 4.90 Å². The first kappa shape index (κ1) is 12.6. The monoisotopic (exact) mass is 229 g/mol. The Morgan fingerprint density at radius 3 is 2.80 bits per heavy atom. The summed E-state index contributed by atoms with van der Waals surface area (Å²) >= 11 is 4.94. The third-order valence-corrected chi connectivity index (χ3v) is 2.90. The summed E-state index contributed by atoms with van der Waals surface area (Å²) < 4.78 is 10.7. The van der Waals surface area contributed by atoms with Gasteiger partial charge in [-0.05, 0) is 24.7 Å². The average molecular weight is 229 g/mol. The lowest BCUT2D eigenvalue weighted by atomic mass is 10.2. The lowest BCUT2D eigenvalue weighted by Gasteiger charge is -2.33. The van der Waals surface area contributed by atoms with Gasteiger partial charge in [-0.1, -0.05) is 13.5 Å². The van der Waals surface area contributed by atoms with E-state index in [1.165, 1.54) is 0 Å². The molecule has 1 heterocycles. The molecule has 0 aromatic rings. The van der Waals surface area contributed by atoms with Crippen LogP contribution in [0.3, 0.4) is 0 Å². The molecule has 0 saturated carbocycles. The smallest absolute Gasteiger partial charge is 0.183 e. The molecule has 1 aliphatic heterocycles. The molecule has 1 rings (SSSR count). The summed E-state index contributed by atoms with van der Waals surface area (Å²) in [5.41, 5.74) is 0. The van der Waals surface area contributed by atoms with E-state index in [1.54, 1.807) is 6.08 Å². The van der Waals surface area contributed by atoms with E-state index in [1.807, 2.05) is 0 Å². The van der Waals surface area contributed by atoms with Gasteiger partial charge in [0.2, 0.25) is 0 Å². The normalized spacial score (nSPS) is 19.5. The van der Waals surface area contributed by atoms with Gasteiger partial charge in [-0.3, -0.25) is 4.90 Å². The largest absolute Gasteiger partial charge is 0.482 e. The molecular weight excluding hydrogens is 210 g/mol. The Labute approximate surface area is 97.0 Å². The van der Waals surface area contributed by atoms with Crippen molar-refractivity contribution in [3.8, 4) is 0 Å². The van der Waals surface area contributed by atoms with Crippen LogP contribution in [0.25, 0.3) is 0 Å². The second-order valence-electron chi connectivity index (χ2n) is 3.54. The lowest BCUT2D eigenvalue weighted by molar-refractivity contribution is 0.00440. The highest BCUT2D eigenvalue weighted by atomic mass is 32.1. The molecule has 0 radical (unpaired) electrons. The van der Waals surface area contributed by atoms with E-state index < -0.39 is 0 Å². The zero-order chi connectivity index (χ0) is 11.1. The Balaban J connectivity index is 2.33. The molecule has 3 nitrogen and oxygen atoms in total. The van der Waals surface area contributed by atoms with E-state index in [2.05, 4.69) is 18.4 Å². The van der Waals surface area contributed by atoms with Crippen LogP contribution < -0.4 is 0 Å². The summed E-state index contributed by atoms with van der Waals surface area (Å²) in [5, 5.41) is 0.488. The van der Waals surface area contributed by atoms with Crippen LogP contribution >= 0.6 is 12.2 Å². The van der Waals surface area contributed by atoms with Gasteiger partial charge >= 0.3 is 0 Å². The van der Waals surface area contributed by atoms with Crippen molar-refractivity contribution < 1.29 is 9.47 Å². The van der Waals surface area contributed by atoms with E-state index in [-0.39, 0.29) is 0 Å². The van der Waals surface area contributed by atoms with Gasteiger partial charge in [0.25, 0.3) is 0 Å². The summed E-state index contributed by atoms with van der Waals surface area (Å²) in [6.07, 6.45) is 2.64.